The van der Waals surface area contributed by atoms with Gasteiger partial charge in [-0.15, -0.1) is 0 Å². The highest BCUT2D eigenvalue weighted by molar-refractivity contribution is 6.11. The highest BCUT2D eigenvalue weighted by atomic mass is 16.5. The molecule has 0 spiro atoms. The molecule has 0 bridgehead atoms. The van der Waals surface area contributed by atoms with Gasteiger partial charge < -0.3 is 10.1 Å². The van der Waals surface area contributed by atoms with Gasteiger partial charge in [0.15, 0.2) is 5.69 Å². The van der Waals surface area contributed by atoms with Gasteiger partial charge in [0.25, 0.3) is 5.91 Å². The molecular formula is C29H32N6O2. The number of benzene rings is 2. The molecule has 0 unspecified atom stereocenters. The zero-order valence-corrected chi connectivity index (χ0v) is 20.9. The number of fused-ring (bicyclic) bond motifs is 1. The second-order valence-corrected chi connectivity index (χ2v) is 9.94. The van der Waals surface area contributed by atoms with E-state index in [1.54, 1.807) is 0 Å². The third-order valence-electron chi connectivity index (χ3n) is 7.23. The van der Waals surface area contributed by atoms with Gasteiger partial charge >= 0.3 is 0 Å². The minimum atomic E-state index is -0.227. The van der Waals surface area contributed by atoms with Crippen molar-refractivity contribution in [1.29, 1.82) is 0 Å². The number of aromatic nitrogens is 3. The zero-order chi connectivity index (χ0) is 25.0. The number of hydrogen-bond acceptors (Lipinski definition) is 6. The van der Waals surface area contributed by atoms with Gasteiger partial charge in [-0.05, 0) is 73.0 Å². The lowest BCUT2D eigenvalue weighted by Crippen LogP contribution is -2.35. The van der Waals surface area contributed by atoms with Crippen molar-refractivity contribution >= 4 is 22.5 Å². The van der Waals surface area contributed by atoms with Crippen LogP contribution in [0.3, 0.4) is 0 Å². The molecule has 1 amide bonds. The van der Waals surface area contributed by atoms with Crippen molar-refractivity contribution < 1.29 is 9.53 Å². The Hall–Kier alpha value is -3.59. The molecular weight excluding hydrogens is 464 g/mol. The van der Waals surface area contributed by atoms with Crippen LogP contribution in [-0.4, -0.2) is 70.3 Å². The highest BCUT2D eigenvalue weighted by Crippen LogP contribution is 2.26. The predicted molar refractivity (Wildman–Crippen MR) is 144 cm³/mol. The van der Waals surface area contributed by atoms with E-state index in [0.717, 1.165) is 72.7 Å². The number of carbonyl (C=O) groups is 1. The van der Waals surface area contributed by atoms with Gasteiger partial charge in [0.1, 0.15) is 0 Å². The summed E-state index contributed by atoms with van der Waals surface area (Å²) < 4.78 is 5.46. The Morgan fingerprint density at radius 1 is 0.865 bits per heavy atom. The minimum Gasteiger partial charge on any atom is -0.379 e. The molecule has 0 radical (unpaired) electrons. The van der Waals surface area contributed by atoms with Crippen molar-refractivity contribution in [2.24, 2.45) is 0 Å². The summed E-state index contributed by atoms with van der Waals surface area (Å²) in [5, 5.41) is 11.1. The van der Waals surface area contributed by atoms with E-state index < -0.39 is 0 Å². The number of amides is 1. The van der Waals surface area contributed by atoms with E-state index in [9.17, 15) is 4.79 Å². The van der Waals surface area contributed by atoms with Crippen LogP contribution < -0.4 is 5.32 Å². The molecule has 2 aliphatic heterocycles. The van der Waals surface area contributed by atoms with Crippen LogP contribution in [-0.2, 0) is 17.8 Å². The van der Waals surface area contributed by atoms with Crippen molar-refractivity contribution in [1.82, 2.24) is 25.0 Å². The Balaban J connectivity index is 1.17. The predicted octanol–water partition coefficient (Wildman–Crippen LogP) is 4.31. The molecule has 0 saturated carbocycles. The normalized spacial score (nSPS) is 16.9. The molecule has 6 rings (SSSR count). The molecule has 2 aliphatic rings. The molecule has 37 heavy (non-hydrogen) atoms. The topological polar surface area (TPSA) is 86.4 Å². The largest absolute Gasteiger partial charge is 0.379 e. The summed E-state index contributed by atoms with van der Waals surface area (Å²) in [7, 11) is 0. The third-order valence-corrected chi connectivity index (χ3v) is 7.23. The molecule has 2 aromatic heterocycles. The average molecular weight is 497 g/mol. The van der Waals surface area contributed by atoms with Crippen LogP contribution in [0.5, 0.6) is 0 Å². The summed E-state index contributed by atoms with van der Waals surface area (Å²) in [5.74, 6) is -0.227. The van der Waals surface area contributed by atoms with Gasteiger partial charge in [-0.1, -0.05) is 18.2 Å². The summed E-state index contributed by atoms with van der Waals surface area (Å²) in [6.45, 7) is 7.57. The van der Waals surface area contributed by atoms with Gasteiger partial charge in [0, 0.05) is 55.2 Å². The summed E-state index contributed by atoms with van der Waals surface area (Å²) in [6.07, 6.45) is 6.35. The smallest absolute Gasteiger partial charge is 0.276 e. The fourth-order valence-corrected chi connectivity index (χ4v) is 5.20. The highest BCUT2D eigenvalue weighted by Gasteiger charge is 2.17. The number of aromatic amines is 1. The summed E-state index contributed by atoms with van der Waals surface area (Å²) >= 11 is 0. The van der Waals surface area contributed by atoms with Crippen LogP contribution in [0.2, 0.25) is 0 Å². The molecule has 4 heterocycles. The molecule has 190 valence electrons. The van der Waals surface area contributed by atoms with Crippen LogP contribution in [0.4, 0.5) is 5.69 Å². The maximum atomic E-state index is 13.1. The molecule has 8 nitrogen and oxygen atoms in total. The average Bonchev–Trinajstić information content (AvgIpc) is 3.60. The molecule has 2 aromatic carbocycles. The Morgan fingerprint density at radius 2 is 1.62 bits per heavy atom. The SMILES string of the molecule is O=C(Nc1ccc(CN2CCCC2)cc1)c1n[nH]c2ccc(-c3cncc(CN4CCOCC4)c3)cc12. The summed E-state index contributed by atoms with van der Waals surface area (Å²) in [4.78, 5) is 22.5. The van der Waals surface area contributed by atoms with Crippen molar-refractivity contribution in [2.45, 2.75) is 25.9 Å². The fourth-order valence-electron chi connectivity index (χ4n) is 5.20. The Bertz CT molecular complexity index is 1370. The standard InChI is InChI=1S/C29H32N6O2/c36-29(31-25-6-3-21(4-7-25)19-34-9-1-2-10-34)28-26-16-23(5-8-27(26)32-33-28)24-15-22(17-30-18-24)20-35-11-13-37-14-12-35/h3-8,15-18H,1-2,9-14,19-20H2,(H,31,36)(H,32,33). The molecule has 0 aliphatic carbocycles. The fraction of sp³-hybridized carbons (Fsp3) is 0.345. The first-order chi connectivity index (χ1) is 18.2. The van der Waals surface area contributed by atoms with E-state index >= 15 is 0 Å². The number of carbonyl (C=O) groups excluding carboxylic acids is 1. The van der Waals surface area contributed by atoms with Gasteiger partial charge in [-0.3, -0.25) is 24.7 Å². The third kappa shape index (κ3) is 5.56. The minimum absolute atomic E-state index is 0.227. The van der Waals surface area contributed by atoms with Gasteiger partial charge in [-0.25, -0.2) is 0 Å². The van der Waals surface area contributed by atoms with Crippen LogP contribution in [0.15, 0.2) is 60.9 Å². The maximum absolute atomic E-state index is 13.1. The number of ether oxygens (including phenoxy) is 1. The second-order valence-electron chi connectivity index (χ2n) is 9.94. The Labute approximate surface area is 216 Å². The van der Waals surface area contributed by atoms with E-state index in [4.69, 9.17) is 4.74 Å². The first-order valence-electron chi connectivity index (χ1n) is 13.1. The number of nitrogens with one attached hydrogen (secondary N) is 2. The zero-order valence-electron chi connectivity index (χ0n) is 20.9. The quantitative estimate of drug-likeness (QED) is 0.397. The lowest BCUT2D eigenvalue weighted by molar-refractivity contribution is 0.0341. The molecule has 2 N–H and O–H groups in total. The Kier molecular flexibility index (Phi) is 6.94. The molecule has 2 fully saturated rings. The van der Waals surface area contributed by atoms with Gasteiger partial charge in [0.05, 0.1) is 18.7 Å². The number of hydrogen-bond donors (Lipinski definition) is 2. The first kappa shape index (κ1) is 23.8. The number of rotatable bonds is 7. The first-order valence-corrected chi connectivity index (χ1v) is 13.1. The number of pyridine rings is 1. The summed E-state index contributed by atoms with van der Waals surface area (Å²) in [5.41, 5.74) is 6.43. The second kappa shape index (κ2) is 10.8. The van der Waals surface area contributed by atoms with E-state index in [2.05, 4.69) is 48.5 Å². The van der Waals surface area contributed by atoms with E-state index in [1.807, 2.05) is 42.7 Å². The number of H-pyrrole nitrogens is 1. The lowest BCUT2D eigenvalue weighted by Gasteiger charge is -2.26. The van der Waals surface area contributed by atoms with Crippen molar-refractivity contribution in [2.75, 3.05) is 44.7 Å². The van der Waals surface area contributed by atoms with Crippen LogP contribution in [0, 0.1) is 0 Å². The van der Waals surface area contributed by atoms with E-state index in [-0.39, 0.29) is 5.91 Å². The number of likely N-dealkylation sites (tertiary alicyclic amines) is 1. The van der Waals surface area contributed by atoms with Crippen molar-refractivity contribution in [3.63, 3.8) is 0 Å². The molecule has 4 aromatic rings. The molecule has 8 heteroatoms. The van der Waals surface area contributed by atoms with Crippen molar-refractivity contribution in [3.8, 4) is 11.1 Å². The van der Waals surface area contributed by atoms with E-state index in [1.165, 1.54) is 31.5 Å². The number of anilines is 1. The van der Waals surface area contributed by atoms with Crippen LogP contribution >= 0.6 is 0 Å². The van der Waals surface area contributed by atoms with Crippen molar-refractivity contribution in [3.05, 3.63) is 77.7 Å². The summed E-state index contributed by atoms with van der Waals surface area (Å²) in [6, 6.07) is 16.3. The molecule has 0 atom stereocenters. The maximum Gasteiger partial charge on any atom is 0.276 e. The molecule has 2 saturated heterocycles. The Morgan fingerprint density at radius 3 is 2.43 bits per heavy atom. The van der Waals surface area contributed by atoms with Crippen LogP contribution in [0.25, 0.3) is 22.0 Å². The van der Waals surface area contributed by atoms with Gasteiger partial charge in [-0.2, -0.15) is 5.10 Å². The lowest BCUT2D eigenvalue weighted by atomic mass is 10.0. The van der Waals surface area contributed by atoms with E-state index in [0.29, 0.717) is 5.69 Å². The monoisotopic (exact) mass is 496 g/mol. The van der Waals surface area contributed by atoms with Gasteiger partial charge in [0.2, 0.25) is 0 Å². The van der Waals surface area contributed by atoms with Crippen LogP contribution in [0.1, 0.15) is 34.5 Å². The number of morpholine rings is 1. The number of nitrogens with zero attached hydrogens (tertiary/aromatic N) is 4.